The predicted octanol–water partition coefficient (Wildman–Crippen LogP) is 0.648. The van der Waals surface area contributed by atoms with Crippen LogP contribution in [0.3, 0.4) is 0 Å². The van der Waals surface area contributed by atoms with Gasteiger partial charge in [-0.05, 0) is 67.4 Å². The highest BCUT2D eigenvalue weighted by Crippen LogP contribution is 2.66. The van der Waals surface area contributed by atoms with E-state index in [2.05, 4.69) is 13.8 Å². The van der Waals surface area contributed by atoms with Crippen LogP contribution in [0.25, 0.3) is 0 Å². The van der Waals surface area contributed by atoms with Crippen molar-refractivity contribution in [2.75, 3.05) is 13.2 Å². The summed E-state index contributed by atoms with van der Waals surface area (Å²) in [6.45, 7) is 5.99. The second-order valence-electron chi connectivity index (χ2n) is 12.3. The minimum atomic E-state index is -1.49. The van der Waals surface area contributed by atoms with Crippen LogP contribution in [0.2, 0.25) is 0 Å². The van der Waals surface area contributed by atoms with Gasteiger partial charge < -0.3 is 39.7 Å². The molecule has 198 valence electrons. The minimum absolute atomic E-state index is 0.0942. The van der Waals surface area contributed by atoms with Crippen LogP contribution in [0.5, 0.6) is 0 Å². The molecule has 3 aliphatic carbocycles. The van der Waals surface area contributed by atoms with Crippen molar-refractivity contribution in [3.8, 4) is 0 Å². The first-order valence-corrected chi connectivity index (χ1v) is 13.0. The van der Waals surface area contributed by atoms with E-state index in [0.29, 0.717) is 6.42 Å². The lowest BCUT2D eigenvalue weighted by atomic mass is 9.45. The fourth-order valence-corrected chi connectivity index (χ4v) is 8.04. The Bertz CT molecular complexity index is 875. The van der Waals surface area contributed by atoms with Gasteiger partial charge in [-0.15, -0.1) is 0 Å². The maximum absolute atomic E-state index is 12.8. The van der Waals surface area contributed by atoms with Crippen LogP contribution in [-0.4, -0.2) is 87.6 Å². The molecule has 2 aliphatic heterocycles. The van der Waals surface area contributed by atoms with Crippen LogP contribution in [0.15, 0.2) is 11.6 Å². The Balaban J connectivity index is 1.30. The van der Waals surface area contributed by atoms with Crippen molar-refractivity contribution >= 4 is 5.97 Å². The molecule has 0 amide bonds. The lowest BCUT2D eigenvalue weighted by Crippen LogP contribution is -2.59. The summed E-state index contributed by atoms with van der Waals surface area (Å²) in [4.78, 5) is 12.8. The third kappa shape index (κ3) is 3.73. The Kier molecular flexibility index (Phi) is 6.40. The van der Waals surface area contributed by atoms with Crippen LogP contribution in [-0.2, 0) is 19.0 Å². The van der Waals surface area contributed by atoms with E-state index in [1.54, 1.807) is 0 Å². The lowest BCUT2D eigenvalue weighted by molar-refractivity contribution is -0.302. The van der Waals surface area contributed by atoms with E-state index >= 15 is 0 Å². The molecule has 35 heavy (non-hydrogen) atoms. The number of carbonyl (C=O) groups is 1. The summed E-state index contributed by atoms with van der Waals surface area (Å²) >= 11 is 0. The highest BCUT2D eigenvalue weighted by atomic mass is 16.7. The number of hydrogen-bond acceptors (Lipinski definition) is 9. The maximum atomic E-state index is 12.8. The summed E-state index contributed by atoms with van der Waals surface area (Å²) in [7, 11) is 0. The molecule has 0 aromatic rings. The number of rotatable bonds is 5. The molecule has 5 rings (SSSR count). The molecule has 2 heterocycles. The van der Waals surface area contributed by atoms with Crippen molar-refractivity contribution < 1.29 is 44.5 Å². The monoisotopic (exact) mass is 496 g/mol. The Morgan fingerprint density at radius 2 is 1.80 bits per heavy atom. The largest absolute Gasteiger partial charge is 0.457 e. The summed E-state index contributed by atoms with van der Waals surface area (Å²) in [6.07, 6.45) is -0.542. The normalized spacial score (nSPS) is 53.4. The van der Waals surface area contributed by atoms with Crippen molar-refractivity contribution in [3.05, 3.63) is 11.6 Å². The van der Waals surface area contributed by atoms with Crippen molar-refractivity contribution in [2.45, 2.75) is 102 Å². The topological polar surface area (TPSA) is 146 Å². The highest BCUT2D eigenvalue weighted by molar-refractivity contribution is 5.80. The van der Waals surface area contributed by atoms with E-state index < -0.39 is 54.2 Å². The Morgan fingerprint density at radius 3 is 2.51 bits per heavy atom. The summed E-state index contributed by atoms with van der Waals surface area (Å²) in [5.41, 5.74) is -0.0669. The van der Waals surface area contributed by atoms with Crippen LogP contribution < -0.4 is 0 Å². The molecule has 12 atom stereocenters. The Morgan fingerprint density at radius 1 is 1.06 bits per heavy atom. The van der Waals surface area contributed by atoms with Gasteiger partial charge in [0, 0.05) is 5.92 Å². The molecule has 4 fully saturated rings. The van der Waals surface area contributed by atoms with Crippen LogP contribution in [0, 0.1) is 28.1 Å². The number of carbonyl (C=O) groups excluding carboxylic acids is 1. The van der Waals surface area contributed by atoms with E-state index in [4.69, 9.17) is 14.2 Å². The van der Waals surface area contributed by atoms with Crippen molar-refractivity contribution in [1.29, 1.82) is 0 Å². The van der Waals surface area contributed by atoms with Crippen molar-refractivity contribution in [1.82, 2.24) is 0 Å². The SMILES string of the molecule is CC1(CCOC2OC(CO)C(O)C(O)C2O)CCC2C(=CC3OC(=O)C4(C)CCCC2(C)C34)C1O. The summed E-state index contributed by atoms with van der Waals surface area (Å²) < 4.78 is 17.0. The van der Waals surface area contributed by atoms with Gasteiger partial charge in [0.1, 0.15) is 30.5 Å². The zero-order valence-corrected chi connectivity index (χ0v) is 20.8. The highest BCUT2D eigenvalue weighted by Gasteiger charge is 2.67. The number of aliphatic hydroxyl groups excluding tert-OH is 5. The maximum Gasteiger partial charge on any atom is 0.312 e. The molecule has 0 bridgehead atoms. The van der Waals surface area contributed by atoms with Crippen molar-refractivity contribution in [2.24, 2.45) is 28.1 Å². The summed E-state index contributed by atoms with van der Waals surface area (Å²) in [6, 6.07) is 0. The molecule has 0 aromatic heterocycles. The molecular weight excluding hydrogens is 456 g/mol. The van der Waals surface area contributed by atoms with E-state index in [0.717, 1.165) is 37.7 Å². The zero-order chi connectivity index (χ0) is 25.3. The van der Waals surface area contributed by atoms with Crippen LogP contribution >= 0.6 is 0 Å². The van der Waals surface area contributed by atoms with Crippen LogP contribution in [0.1, 0.15) is 59.3 Å². The standard InChI is InChI=1S/C26H40O9/c1-24(9-10-33-22-19(30)18(29)17(28)16(12-27)34-22)8-5-14-13(21(24)31)11-15-20-25(14,2)6-4-7-26(20,3)23(32)35-15/h11,14-22,27-31H,4-10,12H2,1-3H3. The molecule has 5 aliphatic rings. The zero-order valence-electron chi connectivity index (χ0n) is 20.8. The van der Waals surface area contributed by atoms with Gasteiger partial charge in [-0.1, -0.05) is 20.3 Å². The molecular formula is C26H40O9. The molecule has 12 unspecified atom stereocenters. The van der Waals surface area contributed by atoms with Gasteiger partial charge in [-0.25, -0.2) is 0 Å². The summed E-state index contributed by atoms with van der Waals surface area (Å²) in [5.74, 6) is 0.225. The van der Waals surface area contributed by atoms with Gasteiger partial charge in [0.05, 0.1) is 24.7 Å². The number of hydrogen-bond donors (Lipinski definition) is 5. The van der Waals surface area contributed by atoms with Crippen LogP contribution in [0.4, 0.5) is 0 Å². The quantitative estimate of drug-likeness (QED) is 0.273. The second kappa shape index (κ2) is 8.75. The number of esters is 1. The fraction of sp³-hybridized carbons (Fsp3) is 0.885. The van der Waals surface area contributed by atoms with Gasteiger partial charge in [0.25, 0.3) is 0 Å². The first-order valence-electron chi connectivity index (χ1n) is 13.0. The van der Waals surface area contributed by atoms with Gasteiger partial charge in [0.2, 0.25) is 0 Å². The van der Waals surface area contributed by atoms with E-state index in [1.165, 1.54) is 0 Å². The van der Waals surface area contributed by atoms with Gasteiger partial charge >= 0.3 is 5.97 Å². The third-order valence-corrected chi connectivity index (χ3v) is 10.2. The van der Waals surface area contributed by atoms with E-state index in [-0.39, 0.29) is 35.9 Å². The van der Waals surface area contributed by atoms with Gasteiger partial charge in [0.15, 0.2) is 6.29 Å². The average Bonchev–Trinajstić information content (AvgIpc) is 3.07. The molecule has 0 spiro atoms. The average molecular weight is 497 g/mol. The smallest absolute Gasteiger partial charge is 0.312 e. The minimum Gasteiger partial charge on any atom is -0.457 e. The second-order valence-corrected chi connectivity index (χ2v) is 12.3. The first kappa shape index (κ1) is 25.6. The van der Waals surface area contributed by atoms with E-state index in [1.807, 2.05) is 13.0 Å². The first-order chi connectivity index (χ1) is 16.5. The lowest BCUT2D eigenvalue weighted by Gasteiger charge is -2.58. The number of fused-ring (bicyclic) bond motifs is 2. The third-order valence-electron chi connectivity index (χ3n) is 10.2. The van der Waals surface area contributed by atoms with Crippen molar-refractivity contribution in [3.63, 3.8) is 0 Å². The fourth-order valence-electron chi connectivity index (χ4n) is 8.04. The molecule has 2 saturated heterocycles. The molecule has 0 radical (unpaired) electrons. The Labute approximate surface area is 206 Å². The Hall–Kier alpha value is -1.07. The molecule has 0 aromatic carbocycles. The number of ether oxygens (including phenoxy) is 3. The number of aliphatic hydroxyl groups is 5. The van der Waals surface area contributed by atoms with Gasteiger partial charge in [-0.3, -0.25) is 4.79 Å². The molecule has 5 N–H and O–H groups in total. The van der Waals surface area contributed by atoms with Gasteiger partial charge in [-0.2, -0.15) is 0 Å². The van der Waals surface area contributed by atoms with E-state index in [9.17, 15) is 30.3 Å². The predicted molar refractivity (Wildman–Crippen MR) is 123 cm³/mol. The molecule has 2 saturated carbocycles. The molecule has 9 nitrogen and oxygen atoms in total. The summed E-state index contributed by atoms with van der Waals surface area (Å²) in [5, 5.41) is 51.1. The molecule has 9 heteroatoms.